The highest BCUT2D eigenvalue weighted by Crippen LogP contribution is 2.12. The Kier molecular flexibility index (Phi) is 1.65. The number of fused-ring (bicyclic) bond motifs is 1. The highest BCUT2D eigenvalue weighted by molar-refractivity contribution is 5.75. The Morgan fingerprint density at radius 1 is 1.38 bits per heavy atom. The van der Waals surface area contributed by atoms with Crippen LogP contribution in [0.2, 0.25) is 0 Å². The van der Waals surface area contributed by atoms with E-state index in [1.54, 1.807) is 26.1 Å². The first kappa shape index (κ1) is 7.98. The fourth-order valence-electron chi connectivity index (χ4n) is 1.24. The third-order valence-corrected chi connectivity index (χ3v) is 2.16. The molecule has 0 amide bonds. The van der Waals surface area contributed by atoms with Crippen LogP contribution in [0.5, 0.6) is 0 Å². The molecule has 0 atom stereocenters. The van der Waals surface area contributed by atoms with Gasteiger partial charge in [-0.3, -0.25) is 9.78 Å². The van der Waals surface area contributed by atoms with Crippen LogP contribution in [0, 0.1) is 13.8 Å². The van der Waals surface area contributed by atoms with E-state index in [1.165, 1.54) is 6.20 Å². The van der Waals surface area contributed by atoms with Crippen molar-refractivity contribution in [1.82, 2.24) is 4.98 Å². The zero-order valence-electron chi connectivity index (χ0n) is 7.50. The van der Waals surface area contributed by atoms with Crippen molar-refractivity contribution in [3.63, 3.8) is 0 Å². The van der Waals surface area contributed by atoms with Crippen LogP contribution >= 0.6 is 0 Å². The molecule has 0 spiro atoms. The average Bonchev–Trinajstić information content (AvgIpc) is 2.15. The maximum Gasteiger partial charge on any atom is 0.197 e. The Hall–Kier alpha value is -1.64. The third-order valence-electron chi connectivity index (χ3n) is 2.16. The van der Waals surface area contributed by atoms with E-state index >= 15 is 0 Å². The number of aryl methyl sites for hydroxylation is 1. The van der Waals surface area contributed by atoms with E-state index < -0.39 is 0 Å². The topological polar surface area (TPSA) is 43.1 Å². The molecule has 0 aliphatic heterocycles. The molecule has 0 unspecified atom stereocenters. The van der Waals surface area contributed by atoms with Crippen LogP contribution in [-0.4, -0.2) is 4.98 Å². The van der Waals surface area contributed by atoms with Crippen LogP contribution in [0.4, 0.5) is 0 Å². The first-order valence-corrected chi connectivity index (χ1v) is 4.04. The van der Waals surface area contributed by atoms with Crippen molar-refractivity contribution in [3.8, 4) is 0 Å². The monoisotopic (exact) mass is 175 g/mol. The zero-order chi connectivity index (χ0) is 9.42. The highest BCUT2D eigenvalue weighted by atomic mass is 16.3. The molecule has 0 N–H and O–H groups in total. The van der Waals surface area contributed by atoms with Crippen molar-refractivity contribution in [2.45, 2.75) is 13.8 Å². The summed E-state index contributed by atoms with van der Waals surface area (Å²) in [5, 5.41) is 0.547. The van der Waals surface area contributed by atoms with Gasteiger partial charge in [-0.15, -0.1) is 0 Å². The fourth-order valence-corrected chi connectivity index (χ4v) is 1.24. The summed E-state index contributed by atoms with van der Waals surface area (Å²) in [5.41, 5.74) is 1.26. The molecule has 0 saturated carbocycles. The first-order valence-electron chi connectivity index (χ1n) is 4.04. The van der Waals surface area contributed by atoms with E-state index in [-0.39, 0.29) is 5.43 Å². The normalized spacial score (nSPS) is 10.6. The molecule has 66 valence electrons. The lowest BCUT2D eigenvalue weighted by atomic mass is 10.2. The van der Waals surface area contributed by atoms with Gasteiger partial charge in [0.2, 0.25) is 0 Å². The third kappa shape index (κ3) is 1.13. The van der Waals surface area contributed by atoms with Crippen LogP contribution in [0.1, 0.15) is 11.3 Å². The Bertz CT molecular complexity index is 514. The average molecular weight is 175 g/mol. The second kappa shape index (κ2) is 2.69. The Labute approximate surface area is 75.0 Å². The lowest BCUT2D eigenvalue weighted by Crippen LogP contribution is -2.07. The maximum absolute atomic E-state index is 11.6. The van der Waals surface area contributed by atoms with Gasteiger partial charge in [-0.05, 0) is 19.9 Å². The van der Waals surface area contributed by atoms with E-state index in [0.717, 1.165) is 0 Å². The van der Waals surface area contributed by atoms with E-state index in [0.29, 0.717) is 22.3 Å². The van der Waals surface area contributed by atoms with E-state index in [9.17, 15) is 4.79 Å². The molecule has 2 heterocycles. The summed E-state index contributed by atoms with van der Waals surface area (Å²) in [4.78, 5) is 15.5. The van der Waals surface area contributed by atoms with Crippen molar-refractivity contribution >= 4 is 11.0 Å². The van der Waals surface area contributed by atoms with Crippen LogP contribution in [0.15, 0.2) is 27.7 Å². The molecule has 0 aliphatic carbocycles. The summed E-state index contributed by atoms with van der Waals surface area (Å²) in [6, 6.07) is 1.70. The molecule has 0 aliphatic rings. The molecular formula is C10H9NO2. The lowest BCUT2D eigenvalue weighted by molar-refractivity contribution is 0.558. The SMILES string of the molecule is Cc1oc2ccncc2c(=O)c1C. The Morgan fingerprint density at radius 2 is 2.15 bits per heavy atom. The molecule has 13 heavy (non-hydrogen) atoms. The quantitative estimate of drug-likeness (QED) is 0.613. The van der Waals surface area contributed by atoms with Crippen molar-refractivity contribution in [2.24, 2.45) is 0 Å². The molecule has 2 rings (SSSR count). The number of nitrogens with zero attached hydrogens (tertiary/aromatic N) is 1. The zero-order valence-corrected chi connectivity index (χ0v) is 7.50. The molecule has 0 radical (unpaired) electrons. The number of hydrogen-bond acceptors (Lipinski definition) is 3. The molecule has 2 aromatic rings. The van der Waals surface area contributed by atoms with Gasteiger partial charge in [-0.25, -0.2) is 0 Å². The summed E-state index contributed by atoms with van der Waals surface area (Å²) in [5.74, 6) is 0.670. The van der Waals surface area contributed by atoms with Crippen molar-refractivity contribution in [2.75, 3.05) is 0 Å². The predicted octanol–water partition coefficient (Wildman–Crippen LogP) is 1.80. The van der Waals surface area contributed by atoms with Crippen LogP contribution in [-0.2, 0) is 0 Å². The summed E-state index contributed by atoms with van der Waals surface area (Å²) < 4.78 is 5.43. The minimum absolute atomic E-state index is 0.00634. The van der Waals surface area contributed by atoms with Gasteiger partial charge in [0.1, 0.15) is 11.3 Å². The van der Waals surface area contributed by atoms with E-state index in [2.05, 4.69) is 4.98 Å². The summed E-state index contributed by atoms with van der Waals surface area (Å²) in [6.45, 7) is 3.55. The first-order chi connectivity index (χ1) is 6.20. The number of aromatic nitrogens is 1. The van der Waals surface area contributed by atoms with Crippen molar-refractivity contribution in [3.05, 3.63) is 40.0 Å². The van der Waals surface area contributed by atoms with Gasteiger partial charge in [0.25, 0.3) is 0 Å². The summed E-state index contributed by atoms with van der Waals surface area (Å²) >= 11 is 0. The number of rotatable bonds is 0. The smallest absolute Gasteiger partial charge is 0.197 e. The van der Waals surface area contributed by atoms with Crippen LogP contribution < -0.4 is 5.43 Å². The molecular weight excluding hydrogens is 166 g/mol. The second-order valence-electron chi connectivity index (χ2n) is 2.98. The largest absolute Gasteiger partial charge is 0.461 e. The minimum Gasteiger partial charge on any atom is -0.461 e. The van der Waals surface area contributed by atoms with Gasteiger partial charge < -0.3 is 4.42 Å². The van der Waals surface area contributed by atoms with Crippen LogP contribution in [0.25, 0.3) is 11.0 Å². The maximum atomic E-state index is 11.6. The molecule has 2 aromatic heterocycles. The van der Waals surface area contributed by atoms with Gasteiger partial charge in [-0.2, -0.15) is 0 Å². The van der Waals surface area contributed by atoms with Gasteiger partial charge in [0, 0.05) is 18.0 Å². The van der Waals surface area contributed by atoms with E-state index in [1.807, 2.05) is 0 Å². The summed E-state index contributed by atoms with van der Waals surface area (Å²) in [6.07, 6.45) is 3.15. The predicted molar refractivity (Wildman–Crippen MR) is 49.8 cm³/mol. The standard InChI is InChI=1S/C10H9NO2/c1-6-7(2)13-9-3-4-11-5-8(9)10(6)12/h3-5H,1-2H3. The fraction of sp³-hybridized carbons (Fsp3) is 0.200. The molecule has 0 saturated heterocycles. The Balaban J connectivity index is 3.03. The van der Waals surface area contributed by atoms with Gasteiger partial charge >= 0.3 is 0 Å². The number of pyridine rings is 1. The molecule has 0 fully saturated rings. The summed E-state index contributed by atoms with van der Waals surface area (Å²) in [7, 11) is 0. The molecule has 0 aromatic carbocycles. The minimum atomic E-state index is 0.00634. The second-order valence-corrected chi connectivity index (χ2v) is 2.98. The van der Waals surface area contributed by atoms with Crippen LogP contribution in [0.3, 0.4) is 0 Å². The van der Waals surface area contributed by atoms with Gasteiger partial charge in [0.15, 0.2) is 5.43 Å². The van der Waals surface area contributed by atoms with E-state index in [4.69, 9.17) is 4.42 Å². The molecule has 0 bridgehead atoms. The molecule has 3 heteroatoms. The lowest BCUT2D eigenvalue weighted by Gasteiger charge is -2.00. The van der Waals surface area contributed by atoms with Gasteiger partial charge in [0.05, 0.1) is 5.39 Å². The van der Waals surface area contributed by atoms with Crippen molar-refractivity contribution in [1.29, 1.82) is 0 Å². The number of hydrogen-bond donors (Lipinski definition) is 0. The van der Waals surface area contributed by atoms with Gasteiger partial charge in [-0.1, -0.05) is 0 Å². The highest BCUT2D eigenvalue weighted by Gasteiger charge is 2.06. The molecule has 3 nitrogen and oxygen atoms in total. The Morgan fingerprint density at radius 3 is 2.92 bits per heavy atom. The van der Waals surface area contributed by atoms with Crippen molar-refractivity contribution < 1.29 is 4.42 Å².